The van der Waals surface area contributed by atoms with Crippen molar-refractivity contribution in [3.05, 3.63) is 48.4 Å². The summed E-state index contributed by atoms with van der Waals surface area (Å²) in [5.74, 6) is 1.24. The quantitative estimate of drug-likeness (QED) is 0.727. The first-order chi connectivity index (χ1) is 12.2. The normalized spacial score (nSPS) is 17.0. The lowest BCUT2D eigenvalue weighted by Crippen LogP contribution is -2.30. The highest BCUT2D eigenvalue weighted by Gasteiger charge is 2.30. The molecule has 3 aromatic rings. The number of rotatable bonds is 4. The number of benzene rings is 1. The van der Waals surface area contributed by atoms with Gasteiger partial charge in [-0.15, -0.1) is 5.10 Å². The molecule has 128 valence electrons. The van der Waals surface area contributed by atoms with E-state index < -0.39 is 0 Å². The highest BCUT2D eigenvalue weighted by atomic mass is 16.5. The number of hydrogen-bond donors (Lipinski definition) is 0. The van der Waals surface area contributed by atoms with Gasteiger partial charge in [-0.2, -0.15) is 5.10 Å². The zero-order valence-electron chi connectivity index (χ0n) is 13.7. The lowest BCUT2D eigenvalue weighted by Gasteiger charge is -2.15. The van der Waals surface area contributed by atoms with Crippen molar-refractivity contribution >= 4 is 16.9 Å². The number of nitrogens with zero attached hydrogens (tertiary/aromatic N) is 3. The van der Waals surface area contributed by atoms with Crippen LogP contribution in [0.1, 0.15) is 17.0 Å². The minimum Gasteiger partial charge on any atom is -0.493 e. The van der Waals surface area contributed by atoms with Crippen LogP contribution in [0.15, 0.2) is 47.0 Å². The Morgan fingerprint density at radius 3 is 3.04 bits per heavy atom. The summed E-state index contributed by atoms with van der Waals surface area (Å²) in [4.78, 5) is 14.4. The Hall–Kier alpha value is -3.09. The van der Waals surface area contributed by atoms with Crippen LogP contribution in [0.4, 0.5) is 0 Å². The van der Waals surface area contributed by atoms with Crippen molar-refractivity contribution in [1.29, 1.82) is 0 Å². The first kappa shape index (κ1) is 15.4. The van der Waals surface area contributed by atoms with Crippen molar-refractivity contribution < 1.29 is 18.7 Å². The predicted molar refractivity (Wildman–Crippen MR) is 89.7 cm³/mol. The molecule has 0 unspecified atom stereocenters. The number of ether oxygens (including phenoxy) is 2. The molecule has 1 aliphatic rings. The Balaban J connectivity index is 1.48. The van der Waals surface area contributed by atoms with Crippen LogP contribution in [0.5, 0.6) is 11.6 Å². The lowest BCUT2D eigenvalue weighted by molar-refractivity contribution is 0.0742. The fraction of sp³-hybridized carbons (Fsp3) is 0.278. The van der Waals surface area contributed by atoms with Gasteiger partial charge in [0.25, 0.3) is 5.91 Å². The molecule has 7 heteroatoms. The van der Waals surface area contributed by atoms with E-state index in [9.17, 15) is 4.79 Å². The Labute approximate surface area is 144 Å². The zero-order valence-corrected chi connectivity index (χ0v) is 13.7. The second-order valence-corrected chi connectivity index (χ2v) is 5.83. The van der Waals surface area contributed by atoms with Crippen LogP contribution in [-0.4, -0.2) is 47.3 Å². The third-order valence-corrected chi connectivity index (χ3v) is 4.21. The summed E-state index contributed by atoms with van der Waals surface area (Å²) in [6.45, 7) is 1.10. The molecule has 1 fully saturated rings. The van der Waals surface area contributed by atoms with Gasteiger partial charge < -0.3 is 18.8 Å². The summed E-state index contributed by atoms with van der Waals surface area (Å²) in [5, 5.41) is 8.54. The summed E-state index contributed by atoms with van der Waals surface area (Å²) in [5.41, 5.74) is 0.583. The third-order valence-electron chi connectivity index (χ3n) is 4.21. The van der Waals surface area contributed by atoms with Crippen LogP contribution in [0.25, 0.3) is 11.0 Å². The van der Waals surface area contributed by atoms with Crippen LogP contribution in [0, 0.1) is 0 Å². The molecule has 1 aliphatic heterocycles. The van der Waals surface area contributed by atoms with Crippen LogP contribution in [0.2, 0.25) is 0 Å². The van der Waals surface area contributed by atoms with Gasteiger partial charge in [-0.3, -0.25) is 4.79 Å². The van der Waals surface area contributed by atoms with Gasteiger partial charge in [-0.1, -0.05) is 12.1 Å². The smallest absolute Gasteiger partial charge is 0.289 e. The maximum absolute atomic E-state index is 12.7. The third kappa shape index (κ3) is 3.00. The van der Waals surface area contributed by atoms with Crippen molar-refractivity contribution in [2.24, 2.45) is 0 Å². The van der Waals surface area contributed by atoms with Gasteiger partial charge in [0.05, 0.1) is 13.7 Å². The molecule has 1 amide bonds. The fourth-order valence-corrected chi connectivity index (χ4v) is 2.99. The summed E-state index contributed by atoms with van der Waals surface area (Å²) < 4.78 is 16.8. The van der Waals surface area contributed by atoms with E-state index in [1.165, 1.54) is 0 Å². The molecule has 0 saturated carbocycles. The van der Waals surface area contributed by atoms with Crippen molar-refractivity contribution in [1.82, 2.24) is 15.1 Å². The Kier molecular flexibility index (Phi) is 3.97. The second-order valence-electron chi connectivity index (χ2n) is 5.83. The molecule has 0 spiro atoms. The number of amides is 1. The Bertz CT molecular complexity index is 894. The Morgan fingerprint density at radius 1 is 1.32 bits per heavy atom. The monoisotopic (exact) mass is 339 g/mol. The number of methoxy groups -OCH3 is 1. The van der Waals surface area contributed by atoms with E-state index in [1.54, 1.807) is 42.5 Å². The van der Waals surface area contributed by atoms with Crippen LogP contribution in [-0.2, 0) is 0 Å². The highest BCUT2D eigenvalue weighted by molar-refractivity contribution is 5.97. The van der Waals surface area contributed by atoms with Gasteiger partial charge in [-0.25, -0.2) is 0 Å². The van der Waals surface area contributed by atoms with E-state index in [1.807, 2.05) is 12.1 Å². The largest absolute Gasteiger partial charge is 0.493 e. The number of aromatic nitrogens is 2. The first-order valence-corrected chi connectivity index (χ1v) is 8.05. The number of para-hydroxylation sites is 1. The molecule has 1 atom stereocenters. The van der Waals surface area contributed by atoms with Crippen molar-refractivity contribution in [2.45, 2.75) is 12.5 Å². The minimum absolute atomic E-state index is 0.0976. The average Bonchev–Trinajstić information content (AvgIpc) is 3.28. The van der Waals surface area contributed by atoms with Gasteiger partial charge >= 0.3 is 0 Å². The van der Waals surface area contributed by atoms with Crippen LogP contribution >= 0.6 is 0 Å². The molecule has 0 radical (unpaired) electrons. The average molecular weight is 339 g/mol. The zero-order chi connectivity index (χ0) is 17.2. The summed E-state index contributed by atoms with van der Waals surface area (Å²) >= 11 is 0. The SMILES string of the molecule is COc1cccc2cc(C(=O)N3CC[C@@H](Oc4cccnn4)C3)oc12. The van der Waals surface area contributed by atoms with Gasteiger partial charge in [0.2, 0.25) is 5.88 Å². The van der Waals surface area contributed by atoms with E-state index in [0.717, 1.165) is 11.8 Å². The van der Waals surface area contributed by atoms with E-state index in [2.05, 4.69) is 10.2 Å². The molecule has 0 bridgehead atoms. The molecule has 0 aliphatic carbocycles. The van der Waals surface area contributed by atoms with Gasteiger partial charge in [-0.05, 0) is 18.2 Å². The Morgan fingerprint density at radius 2 is 2.24 bits per heavy atom. The number of furan rings is 1. The second kappa shape index (κ2) is 6.43. The van der Waals surface area contributed by atoms with Crippen molar-refractivity contribution in [3.63, 3.8) is 0 Å². The number of likely N-dealkylation sites (tertiary alicyclic amines) is 1. The number of carbonyl (C=O) groups is 1. The summed E-state index contributed by atoms with van der Waals surface area (Å²) in [6.07, 6.45) is 2.23. The van der Waals surface area contributed by atoms with E-state index in [0.29, 0.717) is 36.1 Å². The lowest BCUT2D eigenvalue weighted by atomic mass is 10.2. The van der Waals surface area contributed by atoms with Crippen molar-refractivity contribution in [2.75, 3.05) is 20.2 Å². The maximum Gasteiger partial charge on any atom is 0.289 e. The molecular formula is C18H17N3O4. The van der Waals surface area contributed by atoms with Gasteiger partial charge in [0, 0.05) is 30.6 Å². The summed E-state index contributed by atoms with van der Waals surface area (Å²) in [7, 11) is 1.58. The fourth-order valence-electron chi connectivity index (χ4n) is 2.99. The number of fused-ring (bicyclic) bond motifs is 1. The molecule has 1 aromatic carbocycles. The number of hydrogen-bond acceptors (Lipinski definition) is 6. The standard InChI is InChI=1S/C18H17N3O4/c1-23-14-5-2-4-12-10-15(25-17(12)14)18(22)21-9-7-13(11-21)24-16-6-3-8-19-20-16/h2-6,8,10,13H,7,9,11H2,1H3/t13-/m1/s1. The molecule has 25 heavy (non-hydrogen) atoms. The highest BCUT2D eigenvalue weighted by Crippen LogP contribution is 2.29. The van der Waals surface area contributed by atoms with Crippen molar-refractivity contribution in [3.8, 4) is 11.6 Å². The van der Waals surface area contributed by atoms with Gasteiger partial charge in [0.15, 0.2) is 17.1 Å². The molecule has 1 saturated heterocycles. The van der Waals surface area contributed by atoms with Crippen LogP contribution < -0.4 is 9.47 Å². The minimum atomic E-state index is -0.150. The molecule has 2 aromatic heterocycles. The van der Waals surface area contributed by atoms with Gasteiger partial charge in [0.1, 0.15) is 6.10 Å². The summed E-state index contributed by atoms with van der Waals surface area (Å²) in [6, 6.07) is 10.8. The topological polar surface area (TPSA) is 77.7 Å². The van der Waals surface area contributed by atoms with E-state index in [-0.39, 0.29) is 12.0 Å². The molecule has 7 nitrogen and oxygen atoms in total. The number of carbonyl (C=O) groups excluding carboxylic acids is 1. The first-order valence-electron chi connectivity index (χ1n) is 8.05. The molecular weight excluding hydrogens is 322 g/mol. The predicted octanol–water partition coefficient (Wildman–Crippen LogP) is 2.52. The molecule has 3 heterocycles. The van der Waals surface area contributed by atoms with Crippen LogP contribution in [0.3, 0.4) is 0 Å². The van der Waals surface area contributed by atoms with E-state index >= 15 is 0 Å². The molecule has 4 rings (SSSR count). The van der Waals surface area contributed by atoms with E-state index in [4.69, 9.17) is 13.9 Å². The molecule has 0 N–H and O–H groups in total. The maximum atomic E-state index is 12.7.